The van der Waals surface area contributed by atoms with Crippen LogP contribution >= 0.6 is 0 Å². The SMILES string of the molecule is C=C1C(OS(=O)c2ccc(C)cc2)C(C)(C)C[C@@]12CCC=C2C. The first-order valence-electron chi connectivity index (χ1n) is 8.28. The van der Waals surface area contributed by atoms with Crippen molar-refractivity contribution < 1.29 is 8.39 Å². The second-order valence-corrected chi connectivity index (χ2v) is 8.86. The maximum Gasteiger partial charge on any atom is 0.189 e. The van der Waals surface area contributed by atoms with Gasteiger partial charge in [-0.3, -0.25) is 4.18 Å². The van der Waals surface area contributed by atoms with Crippen LogP contribution in [0.25, 0.3) is 0 Å². The Balaban J connectivity index is 1.85. The van der Waals surface area contributed by atoms with Crippen molar-refractivity contribution in [3.8, 4) is 0 Å². The van der Waals surface area contributed by atoms with Gasteiger partial charge in [-0.25, -0.2) is 4.21 Å². The minimum absolute atomic E-state index is 0.0473. The van der Waals surface area contributed by atoms with Crippen LogP contribution in [0.2, 0.25) is 0 Å². The highest BCUT2D eigenvalue weighted by molar-refractivity contribution is 7.80. The standard InChI is InChI=1S/C20H26O2S/c1-14-8-10-17(11-9-14)23(21)22-18-16(3)20(13-19(18,4)5)12-6-7-15(20)2/h7-11,18H,3,6,12-13H2,1-2,4-5H3/t18?,20-,23?/m1/s1. The van der Waals surface area contributed by atoms with Crippen LogP contribution in [0.3, 0.4) is 0 Å². The van der Waals surface area contributed by atoms with Crippen molar-refractivity contribution in [3.05, 3.63) is 53.6 Å². The summed E-state index contributed by atoms with van der Waals surface area (Å²) in [5, 5.41) is 0. The van der Waals surface area contributed by atoms with Crippen LogP contribution in [0.15, 0.2) is 53.0 Å². The van der Waals surface area contributed by atoms with Crippen molar-refractivity contribution in [3.63, 3.8) is 0 Å². The largest absolute Gasteiger partial charge is 0.278 e. The molecule has 1 aromatic rings. The van der Waals surface area contributed by atoms with Crippen LogP contribution < -0.4 is 0 Å². The molecular formula is C20H26O2S. The van der Waals surface area contributed by atoms with E-state index in [1.807, 2.05) is 31.2 Å². The molecule has 0 aromatic heterocycles. The highest BCUT2D eigenvalue weighted by atomic mass is 32.2. The molecule has 124 valence electrons. The van der Waals surface area contributed by atoms with Crippen LogP contribution in [-0.2, 0) is 15.3 Å². The fourth-order valence-corrected chi connectivity index (χ4v) is 5.28. The molecule has 1 saturated carbocycles. The summed E-state index contributed by atoms with van der Waals surface area (Å²) in [5.74, 6) is 0. The summed E-state index contributed by atoms with van der Waals surface area (Å²) in [5.41, 5.74) is 3.65. The van der Waals surface area contributed by atoms with Gasteiger partial charge in [-0.2, -0.15) is 0 Å². The van der Waals surface area contributed by atoms with Crippen molar-refractivity contribution in [2.75, 3.05) is 0 Å². The van der Waals surface area contributed by atoms with Gasteiger partial charge in [0.05, 0.1) is 4.90 Å². The highest BCUT2D eigenvalue weighted by Gasteiger charge is 2.55. The number of allylic oxidation sites excluding steroid dienone is 2. The third-order valence-electron chi connectivity index (χ3n) is 5.57. The zero-order valence-corrected chi connectivity index (χ0v) is 15.3. The number of rotatable bonds is 3. The van der Waals surface area contributed by atoms with Crippen LogP contribution in [0.4, 0.5) is 0 Å². The van der Waals surface area contributed by atoms with Gasteiger partial charge >= 0.3 is 0 Å². The van der Waals surface area contributed by atoms with E-state index in [9.17, 15) is 4.21 Å². The summed E-state index contributed by atoms with van der Waals surface area (Å²) in [6.45, 7) is 13.0. The second-order valence-electron chi connectivity index (χ2n) is 7.72. The Morgan fingerprint density at radius 1 is 1.22 bits per heavy atom. The van der Waals surface area contributed by atoms with Gasteiger partial charge in [-0.15, -0.1) is 0 Å². The lowest BCUT2D eigenvalue weighted by molar-refractivity contribution is 0.140. The lowest BCUT2D eigenvalue weighted by atomic mass is 9.75. The first-order chi connectivity index (χ1) is 10.8. The lowest BCUT2D eigenvalue weighted by Gasteiger charge is -2.28. The molecule has 2 aliphatic carbocycles. The lowest BCUT2D eigenvalue weighted by Crippen LogP contribution is -2.28. The van der Waals surface area contributed by atoms with E-state index in [0.29, 0.717) is 0 Å². The van der Waals surface area contributed by atoms with E-state index in [1.54, 1.807) is 0 Å². The Morgan fingerprint density at radius 2 is 1.87 bits per heavy atom. The van der Waals surface area contributed by atoms with Crippen molar-refractivity contribution in [1.29, 1.82) is 0 Å². The summed E-state index contributed by atoms with van der Waals surface area (Å²) in [6.07, 6.45) is 5.38. The molecule has 3 heteroatoms. The fraction of sp³-hybridized carbons (Fsp3) is 0.500. The monoisotopic (exact) mass is 330 g/mol. The molecule has 0 heterocycles. The molecule has 2 nitrogen and oxygen atoms in total. The second kappa shape index (κ2) is 5.71. The summed E-state index contributed by atoms with van der Waals surface area (Å²) in [7, 11) is 0. The maximum atomic E-state index is 12.7. The molecule has 23 heavy (non-hydrogen) atoms. The molecule has 0 radical (unpaired) electrons. The molecular weight excluding hydrogens is 304 g/mol. The molecule has 3 rings (SSSR count). The van der Waals surface area contributed by atoms with Gasteiger partial charge in [0.15, 0.2) is 11.1 Å². The van der Waals surface area contributed by atoms with Gasteiger partial charge in [-0.05, 0) is 56.2 Å². The smallest absolute Gasteiger partial charge is 0.189 e. The Kier molecular flexibility index (Phi) is 4.14. The molecule has 1 spiro atoms. The van der Waals surface area contributed by atoms with E-state index in [-0.39, 0.29) is 16.9 Å². The average molecular weight is 330 g/mol. The zero-order valence-electron chi connectivity index (χ0n) is 14.5. The molecule has 2 unspecified atom stereocenters. The van der Waals surface area contributed by atoms with Crippen LogP contribution in [0, 0.1) is 17.8 Å². The Labute approximate surface area is 142 Å². The minimum Gasteiger partial charge on any atom is -0.278 e. The van der Waals surface area contributed by atoms with Crippen LogP contribution in [0.5, 0.6) is 0 Å². The molecule has 3 atom stereocenters. The normalized spacial score (nSPS) is 30.7. The molecule has 0 aliphatic heterocycles. The van der Waals surface area contributed by atoms with Crippen molar-refractivity contribution in [2.24, 2.45) is 10.8 Å². The fourth-order valence-electron chi connectivity index (χ4n) is 4.26. The predicted octanol–water partition coefficient (Wildman–Crippen LogP) is 5.12. The van der Waals surface area contributed by atoms with E-state index >= 15 is 0 Å². The van der Waals surface area contributed by atoms with Crippen molar-refractivity contribution >= 4 is 11.1 Å². The number of hydrogen-bond acceptors (Lipinski definition) is 2. The van der Waals surface area contributed by atoms with Gasteiger partial charge in [0.1, 0.15) is 6.10 Å². The molecule has 1 aromatic carbocycles. The summed E-state index contributed by atoms with van der Waals surface area (Å²) < 4.78 is 18.7. The molecule has 1 fully saturated rings. The number of hydrogen-bond donors (Lipinski definition) is 0. The maximum absolute atomic E-state index is 12.7. The average Bonchev–Trinajstić information content (AvgIpc) is 2.93. The van der Waals surface area contributed by atoms with Crippen LogP contribution in [0.1, 0.15) is 45.6 Å². The van der Waals surface area contributed by atoms with Gasteiger partial charge in [0.25, 0.3) is 0 Å². The van der Waals surface area contributed by atoms with Gasteiger partial charge in [0, 0.05) is 5.41 Å². The summed E-state index contributed by atoms with van der Waals surface area (Å²) in [4.78, 5) is 0.721. The molecule has 2 aliphatic rings. The van der Waals surface area contributed by atoms with Gasteiger partial charge in [-0.1, -0.05) is 49.8 Å². The quantitative estimate of drug-likeness (QED) is 0.719. The third-order valence-corrected chi connectivity index (χ3v) is 6.60. The summed E-state index contributed by atoms with van der Waals surface area (Å²) >= 11 is -1.46. The highest BCUT2D eigenvalue weighted by Crippen LogP contribution is 2.61. The Hall–Kier alpha value is -1.19. The first-order valence-corrected chi connectivity index (χ1v) is 9.36. The third kappa shape index (κ3) is 2.74. The molecule has 0 amide bonds. The van der Waals surface area contributed by atoms with Gasteiger partial charge in [0.2, 0.25) is 0 Å². The van der Waals surface area contributed by atoms with E-state index in [4.69, 9.17) is 4.18 Å². The first kappa shape index (κ1) is 16.7. The van der Waals surface area contributed by atoms with E-state index in [1.165, 1.54) is 5.57 Å². The van der Waals surface area contributed by atoms with E-state index in [2.05, 4.69) is 33.4 Å². The van der Waals surface area contributed by atoms with E-state index < -0.39 is 11.1 Å². The number of benzene rings is 1. The number of aryl methyl sites for hydroxylation is 1. The molecule has 0 bridgehead atoms. The molecule has 0 N–H and O–H groups in total. The van der Waals surface area contributed by atoms with Crippen LogP contribution in [-0.4, -0.2) is 10.3 Å². The van der Waals surface area contributed by atoms with Gasteiger partial charge < -0.3 is 0 Å². The van der Waals surface area contributed by atoms with Crippen molar-refractivity contribution in [2.45, 2.75) is 58.0 Å². The minimum atomic E-state index is -1.46. The Bertz CT molecular complexity index is 684. The van der Waals surface area contributed by atoms with E-state index in [0.717, 1.165) is 35.3 Å². The summed E-state index contributed by atoms with van der Waals surface area (Å²) in [6, 6.07) is 7.70. The topological polar surface area (TPSA) is 26.3 Å². The molecule has 0 saturated heterocycles. The van der Waals surface area contributed by atoms with Crippen molar-refractivity contribution in [1.82, 2.24) is 0 Å². The Morgan fingerprint density at radius 3 is 2.43 bits per heavy atom. The predicted molar refractivity (Wildman–Crippen MR) is 95.4 cm³/mol. The zero-order chi connectivity index (χ0) is 16.8.